The van der Waals surface area contributed by atoms with Crippen molar-refractivity contribution in [1.29, 1.82) is 0 Å². The topological polar surface area (TPSA) is 61.4 Å². The molecule has 0 radical (unpaired) electrons. The van der Waals surface area contributed by atoms with Crippen molar-refractivity contribution in [3.63, 3.8) is 0 Å². The zero-order chi connectivity index (χ0) is 13.7. The molecular formula is C15H22N2O2. The molecular weight excluding hydrogens is 240 g/mol. The fraction of sp³-hybridized carbons (Fsp3) is 0.533. The summed E-state index contributed by atoms with van der Waals surface area (Å²) in [6.07, 6.45) is 4.34. The Bertz CT molecular complexity index is 421. The maximum atomic E-state index is 11.5. The number of unbranched alkanes of at least 4 members (excludes halogenated alkanes) is 3. The molecule has 1 aromatic carbocycles. The van der Waals surface area contributed by atoms with Crippen LogP contribution in [0.2, 0.25) is 0 Å². The maximum Gasteiger partial charge on any atom is 0.317 e. The van der Waals surface area contributed by atoms with Crippen molar-refractivity contribution in [3.05, 3.63) is 35.9 Å². The number of urea groups is 1. The first-order chi connectivity index (χ1) is 9.19. The molecule has 1 saturated heterocycles. The van der Waals surface area contributed by atoms with Crippen molar-refractivity contribution in [2.75, 3.05) is 0 Å². The van der Waals surface area contributed by atoms with Gasteiger partial charge in [0.25, 0.3) is 0 Å². The number of amides is 2. The average Bonchev–Trinajstić information content (AvgIpc) is 2.71. The van der Waals surface area contributed by atoms with Crippen LogP contribution in [0.15, 0.2) is 30.3 Å². The second-order valence-electron chi connectivity index (χ2n) is 5.15. The van der Waals surface area contributed by atoms with E-state index >= 15 is 0 Å². The molecule has 2 atom stereocenters. The number of carbonyl (C=O) groups excluding carboxylic acids is 1. The first-order valence-corrected chi connectivity index (χ1v) is 7.01. The van der Waals surface area contributed by atoms with E-state index in [1.807, 2.05) is 30.3 Å². The van der Waals surface area contributed by atoms with Crippen molar-refractivity contribution in [3.8, 4) is 0 Å². The van der Waals surface area contributed by atoms with Crippen molar-refractivity contribution < 1.29 is 9.90 Å². The first-order valence-electron chi connectivity index (χ1n) is 7.01. The van der Waals surface area contributed by atoms with Crippen molar-refractivity contribution in [1.82, 2.24) is 10.6 Å². The maximum absolute atomic E-state index is 11.5. The SMILES string of the molecule is CCCCCCC1(c2ccccc2)NC(=O)NC1O. The van der Waals surface area contributed by atoms with Gasteiger partial charge in [-0.3, -0.25) is 0 Å². The quantitative estimate of drug-likeness (QED) is 0.690. The molecule has 1 heterocycles. The molecule has 0 saturated carbocycles. The van der Waals surface area contributed by atoms with E-state index in [-0.39, 0.29) is 6.03 Å². The second-order valence-corrected chi connectivity index (χ2v) is 5.15. The third-order valence-electron chi connectivity index (χ3n) is 3.78. The van der Waals surface area contributed by atoms with Gasteiger partial charge < -0.3 is 15.7 Å². The number of rotatable bonds is 6. The third-order valence-corrected chi connectivity index (χ3v) is 3.78. The van der Waals surface area contributed by atoms with Gasteiger partial charge in [0.2, 0.25) is 0 Å². The highest BCUT2D eigenvalue weighted by Gasteiger charge is 2.46. The van der Waals surface area contributed by atoms with Crippen molar-refractivity contribution >= 4 is 6.03 Å². The molecule has 1 aliphatic heterocycles. The molecule has 2 unspecified atom stereocenters. The smallest absolute Gasteiger partial charge is 0.317 e. The van der Waals surface area contributed by atoms with Crippen LogP contribution in [0, 0.1) is 0 Å². The largest absolute Gasteiger partial charge is 0.371 e. The van der Waals surface area contributed by atoms with E-state index < -0.39 is 11.8 Å². The zero-order valence-electron chi connectivity index (χ0n) is 11.4. The Morgan fingerprint density at radius 2 is 1.95 bits per heavy atom. The van der Waals surface area contributed by atoms with E-state index in [9.17, 15) is 9.90 Å². The molecule has 0 spiro atoms. The molecule has 104 valence electrons. The van der Waals surface area contributed by atoms with E-state index in [1.165, 1.54) is 12.8 Å². The number of nitrogens with one attached hydrogen (secondary N) is 2. The molecule has 0 aromatic heterocycles. The van der Waals surface area contributed by atoms with Gasteiger partial charge in [-0.05, 0) is 12.0 Å². The van der Waals surface area contributed by atoms with E-state index in [4.69, 9.17) is 0 Å². The lowest BCUT2D eigenvalue weighted by Crippen LogP contribution is -2.46. The number of benzene rings is 1. The minimum atomic E-state index is -0.871. The molecule has 19 heavy (non-hydrogen) atoms. The monoisotopic (exact) mass is 262 g/mol. The predicted octanol–water partition coefficient (Wildman–Crippen LogP) is 2.48. The summed E-state index contributed by atoms with van der Waals surface area (Å²) in [5.74, 6) is 0. The summed E-state index contributed by atoms with van der Waals surface area (Å²) in [7, 11) is 0. The van der Waals surface area contributed by atoms with Crippen LogP contribution in [0.5, 0.6) is 0 Å². The predicted molar refractivity (Wildman–Crippen MR) is 74.6 cm³/mol. The second kappa shape index (κ2) is 6.06. The van der Waals surface area contributed by atoms with Crippen molar-refractivity contribution in [2.45, 2.75) is 50.8 Å². The van der Waals surface area contributed by atoms with Crippen LogP contribution in [0.4, 0.5) is 4.79 Å². The summed E-state index contributed by atoms with van der Waals surface area (Å²) < 4.78 is 0. The summed E-state index contributed by atoms with van der Waals surface area (Å²) in [4.78, 5) is 11.5. The van der Waals surface area contributed by atoms with Crippen LogP contribution >= 0.6 is 0 Å². The van der Waals surface area contributed by atoms with Gasteiger partial charge in [0.15, 0.2) is 6.23 Å². The Morgan fingerprint density at radius 1 is 1.21 bits per heavy atom. The van der Waals surface area contributed by atoms with E-state index in [0.717, 1.165) is 24.8 Å². The summed E-state index contributed by atoms with van der Waals surface area (Å²) in [6.45, 7) is 2.17. The first kappa shape index (κ1) is 13.9. The Kier molecular flexibility index (Phi) is 4.43. The lowest BCUT2D eigenvalue weighted by atomic mass is 9.84. The van der Waals surface area contributed by atoms with Crippen molar-refractivity contribution in [2.24, 2.45) is 0 Å². The summed E-state index contributed by atoms with van der Waals surface area (Å²) in [5, 5.41) is 15.7. The molecule has 0 bridgehead atoms. The lowest BCUT2D eigenvalue weighted by molar-refractivity contribution is 0.0721. The lowest BCUT2D eigenvalue weighted by Gasteiger charge is -2.32. The van der Waals surface area contributed by atoms with Crippen LogP contribution in [-0.2, 0) is 5.54 Å². The van der Waals surface area contributed by atoms with Crippen LogP contribution in [0.25, 0.3) is 0 Å². The van der Waals surface area contributed by atoms with E-state index in [0.29, 0.717) is 0 Å². The number of carbonyl (C=O) groups is 1. The molecule has 0 aliphatic carbocycles. The average molecular weight is 262 g/mol. The molecule has 2 amide bonds. The summed E-state index contributed by atoms with van der Waals surface area (Å²) in [5.41, 5.74) is 0.267. The molecule has 1 aromatic rings. The fourth-order valence-electron chi connectivity index (χ4n) is 2.69. The minimum absolute atomic E-state index is 0.299. The zero-order valence-corrected chi connectivity index (χ0v) is 11.4. The highest BCUT2D eigenvalue weighted by molar-refractivity contribution is 5.78. The van der Waals surface area contributed by atoms with Gasteiger partial charge in [-0.15, -0.1) is 0 Å². The standard InChI is InChI=1S/C15H22N2O2/c1-2-3-4-8-11-15(12-9-6-5-7-10-12)13(18)16-14(19)17-15/h5-7,9-10,13,18H,2-4,8,11H2,1H3,(H2,16,17,19). The normalized spacial score (nSPS) is 26.0. The summed E-state index contributed by atoms with van der Waals surface area (Å²) >= 11 is 0. The molecule has 4 heteroatoms. The van der Waals surface area contributed by atoms with Gasteiger partial charge in [-0.2, -0.15) is 0 Å². The summed E-state index contributed by atoms with van der Waals surface area (Å²) in [6, 6.07) is 9.41. The number of aliphatic hydroxyl groups is 1. The number of hydrogen-bond donors (Lipinski definition) is 3. The third kappa shape index (κ3) is 2.89. The van der Waals surface area contributed by atoms with Crippen LogP contribution in [-0.4, -0.2) is 17.4 Å². The van der Waals surface area contributed by atoms with Crippen LogP contribution in [0.3, 0.4) is 0 Å². The van der Waals surface area contributed by atoms with Gasteiger partial charge in [-0.25, -0.2) is 4.79 Å². The molecule has 1 aliphatic rings. The van der Waals surface area contributed by atoms with E-state index in [2.05, 4.69) is 17.6 Å². The van der Waals surface area contributed by atoms with Gasteiger partial charge in [0.1, 0.15) is 5.54 Å². The number of aliphatic hydroxyl groups excluding tert-OH is 1. The fourth-order valence-corrected chi connectivity index (χ4v) is 2.69. The van der Waals surface area contributed by atoms with Crippen LogP contribution < -0.4 is 10.6 Å². The molecule has 2 rings (SSSR count). The molecule has 4 nitrogen and oxygen atoms in total. The van der Waals surface area contributed by atoms with Gasteiger partial charge in [0.05, 0.1) is 0 Å². The Balaban J connectivity index is 2.17. The van der Waals surface area contributed by atoms with Gasteiger partial charge in [-0.1, -0.05) is 62.9 Å². The van der Waals surface area contributed by atoms with E-state index in [1.54, 1.807) is 0 Å². The van der Waals surface area contributed by atoms with Gasteiger partial charge in [0, 0.05) is 0 Å². The van der Waals surface area contributed by atoms with Crippen LogP contribution in [0.1, 0.15) is 44.6 Å². The molecule has 1 fully saturated rings. The number of hydrogen-bond acceptors (Lipinski definition) is 2. The Labute approximate surface area is 114 Å². The minimum Gasteiger partial charge on any atom is -0.371 e. The van der Waals surface area contributed by atoms with Gasteiger partial charge >= 0.3 is 6.03 Å². The Hall–Kier alpha value is -1.55. The highest BCUT2D eigenvalue weighted by atomic mass is 16.3. The molecule has 3 N–H and O–H groups in total. The Morgan fingerprint density at radius 3 is 2.53 bits per heavy atom. The highest BCUT2D eigenvalue weighted by Crippen LogP contribution is 2.33.